The number of alkyl halides is 2. The highest BCUT2D eigenvalue weighted by Gasteiger charge is 2.17. The van der Waals surface area contributed by atoms with Crippen LogP contribution in [0.1, 0.15) is 0 Å². The maximum atomic E-state index is 12.5. The second-order valence-corrected chi connectivity index (χ2v) is 6.64. The highest BCUT2D eigenvalue weighted by molar-refractivity contribution is 9.10. The molecule has 2 aromatic carbocycles. The van der Waals surface area contributed by atoms with Crippen molar-refractivity contribution in [3.8, 4) is 11.5 Å². The van der Waals surface area contributed by atoms with Crippen LogP contribution in [0.4, 0.5) is 14.5 Å². The van der Waals surface area contributed by atoms with Crippen molar-refractivity contribution >= 4 is 55.1 Å². The largest absolute Gasteiger partial charge is 0.484 e. The van der Waals surface area contributed by atoms with Crippen LogP contribution >= 0.6 is 43.5 Å². The van der Waals surface area contributed by atoms with Gasteiger partial charge in [-0.3, -0.25) is 4.79 Å². The van der Waals surface area contributed by atoms with E-state index >= 15 is 0 Å². The number of rotatable bonds is 6. The number of nitrogens with one attached hydrogen (secondary N) is 1. The summed E-state index contributed by atoms with van der Waals surface area (Å²) in [5.41, 5.74) is 0.0116. The predicted molar refractivity (Wildman–Crippen MR) is 94.1 cm³/mol. The molecule has 2 rings (SSSR count). The predicted octanol–water partition coefficient (Wildman–Crippen LogP) is 5.48. The van der Waals surface area contributed by atoms with Crippen molar-refractivity contribution in [2.45, 2.75) is 6.61 Å². The van der Waals surface area contributed by atoms with Gasteiger partial charge in [0.25, 0.3) is 5.91 Å². The maximum absolute atomic E-state index is 12.5. The Balaban J connectivity index is 2.07. The van der Waals surface area contributed by atoms with Crippen LogP contribution in [0.25, 0.3) is 0 Å². The number of amides is 1. The van der Waals surface area contributed by atoms with Crippen molar-refractivity contribution in [1.29, 1.82) is 0 Å². The second kappa shape index (κ2) is 8.64. The summed E-state index contributed by atoms with van der Waals surface area (Å²) < 4.78 is 35.7. The molecule has 0 spiro atoms. The first-order valence-electron chi connectivity index (χ1n) is 6.47. The molecular weight excluding hydrogens is 475 g/mol. The van der Waals surface area contributed by atoms with Gasteiger partial charge in [-0.1, -0.05) is 33.6 Å². The Bertz CT molecular complexity index is 747. The third-order valence-corrected chi connectivity index (χ3v) is 3.96. The fourth-order valence-electron chi connectivity index (χ4n) is 1.75. The number of benzene rings is 2. The van der Waals surface area contributed by atoms with E-state index in [1.54, 1.807) is 18.2 Å². The lowest BCUT2D eigenvalue weighted by Crippen LogP contribution is -2.21. The molecule has 0 fully saturated rings. The number of hydrogen-bond donors (Lipinski definition) is 1. The van der Waals surface area contributed by atoms with E-state index in [1.165, 1.54) is 12.1 Å². The minimum Gasteiger partial charge on any atom is -0.484 e. The monoisotopic (exact) mass is 483 g/mol. The average molecular weight is 486 g/mol. The minimum atomic E-state index is -3.05. The zero-order valence-electron chi connectivity index (χ0n) is 11.9. The molecule has 0 aliphatic heterocycles. The Morgan fingerprint density at radius 3 is 2.67 bits per heavy atom. The van der Waals surface area contributed by atoms with E-state index in [0.29, 0.717) is 5.75 Å². The molecule has 0 radical (unpaired) electrons. The summed E-state index contributed by atoms with van der Waals surface area (Å²) in [7, 11) is 0. The molecule has 24 heavy (non-hydrogen) atoms. The molecule has 2 aromatic rings. The third kappa shape index (κ3) is 5.61. The summed E-state index contributed by atoms with van der Waals surface area (Å²) in [6, 6.07) is 9.62. The van der Waals surface area contributed by atoms with Crippen molar-refractivity contribution in [3.63, 3.8) is 0 Å². The number of halogens is 5. The molecule has 1 amide bonds. The second-order valence-electron chi connectivity index (χ2n) is 4.44. The Labute approximate surface area is 158 Å². The summed E-state index contributed by atoms with van der Waals surface area (Å²) in [6.07, 6.45) is 0. The Kier molecular flexibility index (Phi) is 6.82. The fraction of sp³-hybridized carbons (Fsp3) is 0.133. The zero-order chi connectivity index (χ0) is 17.7. The quantitative estimate of drug-likeness (QED) is 0.589. The molecule has 0 aliphatic rings. The first kappa shape index (κ1) is 19.0. The van der Waals surface area contributed by atoms with Crippen LogP contribution in [0.3, 0.4) is 0 Å². The minimum absolute atomic E-state index is 0.0116. The van der Waals surface area contributed by atoms with Crippen LogP contribution in [0.5, 0.6) is 11.5 Å². The van der Waals surface area contributed by atoms with Gasteiger partial charge in [0, 0.05) is 9.50 Å². The summed E-state index contributed by atoms with van der Waals surface area (Å²) in [5.74, 6) is -0.288. The van der Waals surface area contributed by atoms with Crippen molar-refractivity contribution in [3.05, 3.63) is 50.4 Å². The molecule has 4 nitrogen and oxygen atoms in total. The zero-order valence-corrected chi connectivity index (χ0v) is 15.8. The first-order valence-corrected chi connectivity index (χ1v) is 8.43. The van der Waals surface area contributed by atoms with Gasteiger partial charge in [-0.25, -0.2) is 0 Å². The molecule has 9 heteroatoms. The summed E-state index contributed by atoms with van der Waals surface area (Å²) in [6.45, 7) is -3.36. The third-order valence-electron chi connectivity index (χ3n) is 2.66. The molecule has 0 saturated heterocycles. The van der Waals surface area contributed by atoms with Gasteiger partial charge in [0.05, 0.1) is 10.2 Å². The molecule has 128 valence electrons. The van der Waals surface area contributed by atoms with Crippen molar-refractivity contribution in [2.24, 2.45) is 0 Å². The number of ether oxygens (including phenoxy) is 2. The van der Waals surface area contributed by atoms with Gasteiger partial charge in [-0.05, 0) is 46.3 Å². The van der Waals surface area contributed by atoms with Gasteiger partial charge in [-0.2, -0.15) is 8.78 Å². The van der Waals surface area contributed by atoms with E-state index in [0.717, 1.165) is 4.47 Å². The van der Waals surface area contributed by atoms with Crippen molar-refractivity contribution in [1.82, 2.24) is 0 Å². The van der Waals surface area contributed by atoms with E-state index in [-0.39, 0.29) is 27.5 Å². The lowest BCUT2D eigenvalue weighted by molar-refractivity contribution is -0.118. The van der Waals surface area contributed by atoms with Gasteiger partial charge in [-0.15, -0.1) is 0 Å². The average Bonchev–Trinajstić information content (AvgIpc) is 2.48. The highest BCUT2D eigenvalue weighted by Crippen LogP contribution is 2.37. The molecule has 0 aliphatic carbocycles. The summed E-state index contributed by atoms with van der Waals surface area (Å²) in [5, 5.41) is 2.68. The maximum Gasteiger partial charge on any atom is 0.387 e. The highest BCUT2D eigenvalue weighted by atomic mass is 79.9. The van der Waals surface area contributed by atoms with Gasteiger partial charge < -0.3 is 14.8 Å². The Hall–Kier alpha value is -1.38. The van der Waals surface area contributed by atoms with Gasteiger partial charge >= 0.3 is 6.61 Å². The molecule has 0 bridgehead atoms. The molecule has 0 saturated carbocycles. The number of anilines is 1. The van der Waals surface area contributed by atoms with Crippen LogP contribution in [0.2, 0.25) is 5.02 Å². The molecule has 0 atom stereocenters. The standard InChI is InChI=1S/C15H10Br2ClF2NO3/c16-8-2-1-3-10(4-8)23-7-13(22)21-12-6-9(18)5-11(17)14(12)24-15(19)20/h1-6,15H,7H2,(H,21,22). The van der Waals surface area contributed by atoms with E-state index in [2.05, 4.69) is 41.9 Å². The van der Waals surface area contributed by atoms with Crippen molar-refractivity contribution < 1.29 is 23.0 Å². The lowest BCUT2D eigenvalue weighted by Gasteiger charge is -2.14. The summed E-state index contributed by atoms with van der Waals surface area (Å²) in [4.78, 5) is 12.0. The van der Waals surface area contributed by atoms with Gasteiger partial charge in [0.1, 0.15) is 5.75 Å². The number of carbonyl (C=O) groups excluding carboxylic acids is 1. The smallest absolute Gasteiger partial charge is 0.387 e. The number of hydrogen-bond acceptors (Lipinski definition) is 3. The van der Waals surface area contributed by atoms with Crippen LogP contribution in [0, 0.1) is 0 Å². The first-order chi connectivity index (χ1) is 11.3. The fourth-order valence-corrected chi connectivity index (χ4v) is 3.04. The molecule has 1 N–H and O–H groups in total. The van der Waals surface area contributed by atoms with E-state index < -0.39 is 12.5 Å². The van der Waals surface area contributed by atoms with E-state index in [1.807, 2.05) is 6.07 Å². The van der Waals surface area contributed by atoms with Crippen LogP contribution in [0.15, 0.2) is 45.3 Å². The van der Waals surface area contributed by atoms with Crippen molar-refractivity contribution in [2.75, 3.05) is 11.9 Å². The van der Waals surface area contributed by atoms with Crippen LogP contribution in [-0.2, 0) is 4.79 Å². The molecule has 0 heterocycles. The van der Waals surface area contributed by atoms with E-state index in [9.17, 15) is 13.6 Å². The lowest BCUT2D eigenvalue weighted by atomic mass is 10.3. The topological polar surface area (TPSA) is 47.6 Å². The van der Waals surface area contributed by atoms with Gasteiger partial charge in [0.15, 0.2) is 12.4 Å². The Morgan fingerprint density at radius 2 is 2.00 bits per heavy atom. The number of carbonyl (C=O) groups is 1. The normalized spacial score (nSPS) is 10.6. The van der Waals surface area contributed by atoms with Gasteiger partial charge in [0.2, 0.25) is 0 Å². The Morgan fingerprint density at radius 1 is 1.25 bits per heavy atom. The molecule has 0 unspecified atom stereocenters. The summed E-state index contributed by atoms with van der Waals surface area (Å²) >= 11 is 12.2. The molecular formula is C15H10Br2ClF2NO3. The molecule has 0 aromatic heterocycles. The van der Waals surface area contributed by atoms with E-state index in [4.69, 9.17) is 16.3 Å². The SMILES string of the molecule is O=C(COc1cccc(Br)c1)Nc1cc(Cl)cc(Br)c1OC(F)F. The van der Waals surface area contributed by atoms with Crippen LogP contribution < -0.4 is 14.8 Å². The van der Waals surface area contributed by atoms with Crippen LogP contribution in [-0.4, -0.2) is 19.1 Å².